The zero-order valence-electron chi connectivity index (χ0n) is 13.4. The molecule has 130 valence electrons. The third kappa shape index (κ3) is 6.37. The van der Waals surface area contributed by atoms with Gasteiger partial charge in [0.1, 0.15) is 5.82 Å². The minimum atomic E-state index is -0.199. The molecular formula is C16H24BrClFN3O. The minimum Gasteiger partial charge on any atom is -0.340 e. The van der Waals surface area contributed by atoms with E-state index in [1.807, 2.05) is 11.8 Å². The first-order valence-electron chi connectivity index (χ1n) is 7.75. The van der Waals surface area contributed by atoms with E-state index < -0.39 is 0 Å². The summed E-state index contributed by atoms with van der Waals surface area (Å²) in [5.74, 6) is -0.00949. The second-order valence-corrected chi connectivity index (χ2v) is 6.40. The van der Waals surface area contributed by atoms with Gasteiger partial charge in [0.2, 0.25) is 5.91 Å². The largest absolute Gasteiger partial charge is 0.340 e. The van der Waals surface area contributed by atoms with Crippen LogP contribution in [0.1, 0.15) is 18.9 Å². The maximum Gasteiger partial charge on any atom is 0.223 e. The van der Waals surface area contributed by atoms with E-state index in [-0.39, 0.29) is 24.1 Å². The number of piperazine rings is 1. The standard InChI is InChI=1S/C16H23BrFN3O.ClH/c1-2-20(12-13-11-14(17)3-4-15(13)18)8-5-16(22)21-9-6-19-7-10-21;/h3-4,11,19H,2,5-10,12H2,1H3;1H. The highest BCUT2D eigenvalue weighted by Gasteiger charge is 2.17. The number of benzene rings is 1. The Bertz CT molecular complexity index is 512. The molecule has 1 fully saturated rings. The molecule has 0 radical (unpaired) electrons. The molecule has 1 aliphatic heterocycles. The molecule has 0 atom stereocenters. The van der Waals surface area contributed by atoms with Crippen LogP contribution in [0.25, 0.3) is 0 Å². The number of nitrogens with zero attached hydrogens (tertiary/aromatic N) is 2. The van der Waals surface area contributed by atoms with E-state index in [9.17, 15) is 9.18 Å². The van der Waals surface area contributed by atoms with E-state index in [1.54, 1.807) is 12.1 Å². The van der Waals surface area contributed by atoms with Gasteiger partial charge in [-0.2, -0.15) is 0 Å². The lowest BCUT2D eigenvalue weighted by atomic mass is 10.2. The Hall–Kier alpha value is -0.690. The molecule has 0 aliphatic carbocycles. The van der Waals surface area contributed by atoms with Crippen molar-refractivity contribution in [3.8, 4) is 0 Å². The average Bonchev–Trinajstić information content (AvgIpc) is 2.55. The quantitative estimate of drug-likeness (QED) is 0.786. The van der Waals surface area contributed by atoms with E-state index in [0.29, 0.717) is 25.1 Å². The molecule has 1 aromatic carbocycles. The molecule has 4 nitrogen and oxygen atoms in total. The first-order chi connectivity index (χ1) is 10.6. The van der Waals surface area contributed by atoms with Crippen molar-refractivity contribution in [3.63, 3.8) is 0 Å². The molecule has 23 heavy (non-hydrogen) atoms. The Balaban J connectivity index is 0.00000264. The lowest BCUT2D eigenvalue weighted by Gasteiger charge is -2.28. The number of hydrogen-bond acceptors (Lipinski definition) is 3. The lowest BCUT2D eigenvalue weighted by molar-refractivity contribution is -0.132. The van der Waals surface area contributed by atoms with Gasteiger partial charge in [0.05, 0.1) is 0 Å². The van der Waals surface area contributed by atoms with Crippen LogP contribution in [0.5, 0.6) is 0 Å². The third-order valence-electron chi connectivity index (χ3n) is 3.96. The molecule has 1 amide bonds. The second kappa shape index (κ2) is 10.2. The van der Waals surface area contributed by atoms with Crippen LogP contribution < -0.4 is 5.32 Å². The summed E-state index contributed by atoms with van der Waals surface area (Å²) in [6.45, 7) is 7.31. The molecule has 1 aliphatic rings. The van der Waals surface area contributed by atoms with Crippen molar-refractivity contribution >= 4 is 34.2 Å². The van der Waals surface area contributed by atoms with Crippen LogP contribution in [-0.2, 0) is 11.3 Å². The Kier molecular flexibility index (Phi) is 9.06. The molecule has 0 aromatic heterocycles. The SMILES string of the molecule is CCN(CCC(=O)N1CCNCC1)Cc1cc(Br)ccc1F.Cl. The van der Waals surface area contributed by atoms with Crippen molar-refractivity contribution in [2.24, 2.45) is 0 Å². The van der Waals surface area contributed by atoms with E-state index in [2.05, 4.69) is 26.1 Å². The number of carbonyl (C=O) groups is 1. The van der Waals surface area contributed by atoms with Crippen LogP contribution >= 0.6 is 28.3 Å². The topological polar surface area (TPSA) is 35.6 Å². The van der Waals surface area contributed by atoms with Gasteiger partial charge < -0.3 is 10.2 Å². The van der Waals surface area contributed by atoms with Crippen molar-refractivity contribution in [3.05, 3.63) is 34.1 Å². The number of amides is 1. The van der Waals surface area contributed by atoms with Crippen molar-refractivity contribution in [2.45, 2.75) is 19.9 Å². The van der Waals surface area contributed by atoms with Crippen LogP contribution in [0.3, 0.4) is 0 Å². The van der Waals surface area contributed by atoms with Crippen LogP contribution in [0.15, 0.2) is 22.7 Å². The Morgan fingerprint density at radius 3 is 2.74 bits per heavy atom. The summed E-state index contributed by atoms with van der Waals surface area (Å²) >= 11 is 3.37. The zero-order chi connectivity index (χ0) is 15.9. The van der Waals surface area contributed by atoms with Gasteiger partial charge in [-0.3, -0.25) is 9.69 Å². The Morgan fingerprint density at radius 1 is 1.39 bits per heavy atom. The van der Waals surface area contributed by atoms with Crippen molar-refractivity contribution in [2.75, 3.05) is 39.3 Å². The maximum absolute atomic E-state index is 13.8. The van der Waals surface area contributed by atoms with Gasteiger partial charge in [0, 0.05) is 55.7 Å². The fourth-order valence-corrected chi connectivity index (χ4v) is 2.99. The highest BCUT2D eigenvalue weighted by Crippen LogP contribution is 2.17. The Morgan fingerprint density at radius 2 is 2.09 bits per heavy atom. The lowest BCUT2D eigenvalue weighted by Crippen LogP contribution is -2.47. The molecule has 0 unspecified atom stereocenters. The van der Waals surface area contributed by atoms with Crippen LogP contribution in [-0.4, -0.2) is 55.0 Å². The molecule has 1 heterocycles. The average molecular weight is 409 g/mol. The number of rotatable bonds is 6. The molecular weight excluding hydrogens is 385 g/mol. The minimum absolute atomic E-state index is 0. The third-order valence-corrected chi connectivity index (χ3v) is 4.45. The summed E-state index contributed by atoms with van der Waals surface area (Å²) in [5.41, 5.74) is 0.658. The fourth-order valence-electron chi connectivity index (χ4n) is 2.58. The summed E-state index contributed by atoms with van der Waals surface area (Å²) in [6, 6.07) is 4.97. The van der Waals surface area contributed by atoms with Crippen LogP contribution in [0.4, 0.5) is 4.39 Å². The van der Waals surface area contributed by atoms with Gasteiger partial charge in [-0.15, -0.1) is 12.4 Å². The molecule has 7 heteroatoms. The molecule has 1 N–H and O–H groups in total. The van der Waals surface area contributed by atoms with E-state index in [1.165, 1.54) is 6.07 Å². The molecule has 2 rings (SSSR count). The van der Waals surface area contributed by atoms with Gasteiger partial charge in [-0.25, -0.2) is 4.39 Å². The van der Waals surface area contributed by atoms with Gasteiger partial charge in [0.25, 0.3) is 0 Å². The van der Waals surface area contributed by atoms with Gasteiger partial charge >= 0.3 is 0 Å². The zero-order valence-corrected chi connectivity index (χ0v) is 15.8. The van der Waals surface area contributed by atoms with Gasteiger partial charge in [-0.05, 0) is 24.7 Å². The first-order valence-corrected chi connectivity index (χ1v) is 8.54. The summed E-state index contributed by atoms with van der Waals surface area (Å²) in [4.78, 5) is 16.2. The number of carbonyl (C=O) groups excluding carboxylic acids is 1. The first kappa shape index (κ1) is 20.4. The predicted octanol–water partition coefficient (Wildman–Crippen LogP) is 2.65. The molecule has 1 aromatic rings. The highest BCUT2D eigenvalue weighted by atomic mass is 79.9. The Labute approximate surface area is 151 Å². The molecule has 0 spiro atoms. The van der Waals surface area contributed by atoms with Crippen LogP contribution in [0, 0.1) is 5.82 Å². The number of halogens is 3. The predicted molar refractivity (Wildman–Crippen MR) is 96.4 cm³/mol. The summed E-state index contributed by atoms with van der Waals surface area (Å²) in [5, 5.41) is 3.24. The molecule has 0 bridgehead atoms. The highest BCUT2D eigenvalue weighted by molar-refractivity contribution is 9.10. The van der Waals surface area contributed by atoms with Crippen molar-refractivity contribution in [1.82, 2.24) is 15.1 Å². The fraction of sp³-hybridized carbons (Fsp3) is 0.562. The molecule has 0 saturated carbocycles. The van der Waals surface area contributed by atoms with Crippen molar-refractivity contribution < 1.29 is 9.18 Å². The van der Waals surface area contributed by atoms with E-state index in [4.69, 9.17) is 0 Å². The van der Waals surface area contributed by atoms with E-state index in [0.717, 1.165) is 37.2 Å². The van der Waals surface area contributed by atoms with E-state index >= 15 is 0 Å². The number of nitrogens with one attached hydrogen (secondary N) is 1. The summed E-state index contributed by atoms with van der Waals surface area (Å²) in [7, 11) is 0. The normalized spacial score (nSPS) is 14.7. The monoisotopic (exact) mass is 407 g/mol. The van der Waals surface area contributed by atoms with Crippen molar-refractivity contribution in [1.29, 1.82) is 0 Å². The maximum atomic E-state index is 13.8. The second-order valence-electron chi connectivity index (χ2n) is 5.49. The van der Waals surface area contributed by atoms with Crippen LogP contribution in [0.2, 0.25) is 0 Å². The summed E-state index contributed by atoms with van der Waals surface area (Å²) in [6.07, 6.45) is 0.490. The summed E-state index contributed by atoms with van der Waals surface area (Å²) < 4.78 is 14.7. The smallest absolute Gasteiger partial charge is 0.223 e. The molecule has 1 saturated heterocycles. The van der Waals surface area contributed by atoms with Gasteiger partial charge in [-0.1, -0.05) is 22.9 Å². The van der Waals surface area contributed by atoms with Gasteiger partial charge in [0.15, 0.2) is 0 Å². The number of hydrogen-bond donors (Lipinski definition) is 1.